The molecule has 0 amide bonds. The summed E-state index contributed by atoms with van der Waals surface area (Å²) in [6, 6.07) is 0. The first-order valence-electron chi connectivity index (χ1n) is 7.92. The largest absolute Gasteiger partial charge is 0.0599 e. The summed E-state index contributed by atoms with van der Waals surface area (Å²) in [5, 5.41) is 0. The molecule has 2 fully saturated rings. The standard InChI is InChI=1S/C17H31/c1-17(2,3)16-12-10-15(11-13-16)14-8-6-4-5-7-9-14/h14,16H,4-13H2,1-3H3. The van der Waals surface area contributed by atoms with Crippen LogP contribution in [0.2, 0.25) is 0 Å². The second-order valence-corrected chi connectivity index (χ2v) is 7.49. The van der Waals surface area contributed by atoms with Gasteiger partial charge in [-0.25, -0.2) is 0 Å². The molecule has 2 saturated carbocycles. The second-order valence-electron chi connectivity index (χ2n) is 7.49. The Morgan fingerprint density at radius 3 is 1.76 bits per heavy atom. The molecule has 0 spiro atoms. The van der Waals surface area contributed by atoms with Crippen molar-refractivity contribution in [3.63, 3.8) is 0 Å². The molecule has 17 heavy (non-hydrogen) atoms. The minimum atomic E-state index is 0.537. The Kier molecular flexibility index (Phi) is 4.55. The maximum atomic E-state index is 2.42. The van der Waals surface area contributed by atoms with Gasteiger partial charge in [0.15, 0.2) is 0 Å². The van der Waals surface area contributed by atoms with Crippen molar-refractivity contribution in [1.29, 1.82) is 0 Å². The maximum absolute atomic E-state index is 2.42. The first-order chi connectivity index (χ1) is 8.07. The van der Waals surface area contributed by atoms with E-state index in [2.05, 4.69) is 20.8 Å². The van der Waals surface area contributed by atoms with Crippen molar-refractivity contribution in [1.82, 2.24) is 0 Å². The molecule has 0 nitrogen and oxygen atoms in total. The van der Waals surface area contributed by atoms with E-state index in [1.165, 1.54) is 64.2 Å². The van der Waals surface area contributed by atoms with Gasteiger partial charge < -0.3 is 0 Å². The van der Waals surface area contributed by atoms with Crippen LogP contribution in [0.4, 0.5) is 0 Å². The van der Waals surface area contributed by atoms with Gasteiger partial charge in [0.2, 0.25) is 0 Å². The molecule has 2 aliphatic rings. The van der Waals surface area contributed by atoms with Gasteiger partial charge >= 0.3 is 0 Å². The average molecular weight is 235 g/mol. The van der Waals surface area contributed by atoms with Crippen molar-refractivity contribution in [2.75, 3.05) is 0 Å². The van der Waals surface area contributed by atoms with E-state index in [1.54, 1.807) is 0 Å². The van der Waals surface area contributed by atoms with E-state index in [9.17, 15) is 0 Å². The van der Waals surface area contributed by atoms with Crippen LogP contribution in [0.15, 0.2) is 0 Å². The minimum absolute atomic E-state index is 0.537. The molecule has 0 aromatic carbocycles. The Morgan fingerprint density at radius 1 is 0.765 bits per heavy atom. The van der Waals surface area contributed by atoms with Crippen molar-refractivity contribution in [3.8, 4) is 0 Å². The number of hydrogen-bond acceptors (Lipinski definition) is 0. The first-order valence-corrected chi connectivity index (χ1v) is 7.92. The van der Waals surface area contributed by atoms with Crippen molar-refractivity contribution >= 4 is 0 Å². The Morgan fingerprint density at radius 2 is 1.29 bits per heavy atom. The molecular formula is C17H31. The van der Waals surface area contributed by atoms with Gasteiger partial charge in [0.25, 0.3) is 0 Å². The summed E-state index contributed by atoms with van der Waals surface area (Å²) in [5.74, 6) is 3.93. The van der Waals surface area contributed by atoms with Crippen molar-refractivity contribution in [2.45, 2.75) is 85.0 Å². The van der Waals surface area contributed by atoms with Crippen LogP contribution in [-0.4, -0.2) is 0 Å². The minimum Gasteiger partial charge on any atom is -0.0599 e. The van der Waals surface area contributed by atoms with Gasteiger partial charge in [-0.15, -0.1) is 0 Å². The van der Waals surface area contributed by atoms with Gasteiger partial charge in [-0.3, -0.25) is 0 Å². The fourth-order valence-corrected chi connectivity index (χ4v) is 3.95. The highest BCUT2D eigenvalue weighted by Gasteiger charge is 2.33. The van der Waals surface area contributed by atoms with Gasteiger partial charge in [-0.1, -0.05) is 46.5 Å². The number of hydrogen-bond donors (Lipinski definition) is 0. The Bertz CT molecular complexity index is 207. The SMILES string of the molecule is CC(C)(C)C1CC[C](C2CCCCCC2)CC1. The zero-order valence-corrected chi connectivity index (χ0v) is 12.2. The summed E-state index contributed by atoms with van der Waals surface area (Å²) in [7, 11) is 0. The summed E-state index contributed by atoms with van der Waals surface area (Å²) in [6.07, 6.45) is 14.8. The molecule has 0 aliphatic heterocycles. The Hall–Kier alpha value is 0. The maximum Gasteiger partial charge on any atom is -0.0210 e. The Balaban J connectivity index is 1.81. The molecular weight excluding hydrogens is 204 g/mol. The third kappa shape index (κ3) is 3.73. The first kappa shape index (κ1) is 13.4. The smallest absolute Gasteiger partial charge is 0.0210 e. The second kappa shape index (κ2) is 5.76. The topological polar surface area (TPSA) is 0 Å². The predicted octanol–water partition coefficient (Wildman–Crippen LogP) is 5.77. The monoisotopic (exact) mass is 235 g/mol. The molecule has 2 rings (SSSR count). The quantitative estimate of drug-likeness (QED) is 0.506. The summed E-state index contributed by atoms with van der Waals surface area (Å²) < 4.78 is 0. The normalized spacial score (nSPS) is 27.0. The van der Waals surface area contributed by atoms with Crippen LogP contribution >= 0.6 is 0 Å². The summed E-state index contributed by atoms with van der Waals surface area (Å²) in [4.78, 5) is 0. The van der Waals surface area contributed by atoms with E-state index >= 15 is 0 Å². The highest BCUT2D eigenvalue weighted by molar-refractivity contribution is 5.01. The highest BCUT2D eigenvalue weighted by Crippen LogP contribution is 2.45. The van der Waals surface area contributed by atoms with Crippen LogP contribution in [0.3, 0.4) is 0 Å². The molecule has 0 atom stereocenters. The van der Waals surface area contributed by atoms with Gasteiger partial charge in [0.05, 0.1) is 0 Å². The molecule has 2 aliphatic carbocycles. The van der Waals surface area contributed by atoms with E-state index in [1.807, 2.05) is 5.92 Å². The van der Waals surface area contributed by atoms with Crippen LogP contribution < -0.4 is 0 Å². The molecule has 0 heteroatoms. The summed E-state index contributed by atoms with van der Waals surface area (Å²) in [6.45, 7) is 7.27. The van der Waals surface area contributed by atoms with E-state index in [0.29, 0.717) is 5.41 Å². The number of rotatable bonds is 1. The molecule has 0 aromatic rings. The van der Waals surface area contributed by atoms with Gasteiger partial charge in [-0.2, -0.15) is 0 Å². The van der Waals surface area contributed by atoms with Gasteiger partial charge in [-0.05, 0) is 61.7 Å². The highest BCUT2D eigenvalue weighted by atomic mass is 14.4. The van der Waals surface area contributed by atoms with Crippen LogP contribution in [0.5, 0.6) is 0 Å². The third-order valence-electron chi connectivity index (χ3n) is 5.29. The third-order valence-corrected chi connectivity index (χ3v) is 5.29. The molecule has 0 saturated heterocycles. The van der Waals surface area contributed by atoms with Gasteiger partial charge in [0, 0.05) is 0 Å². The van der Waals surface area contributed by atoms with Crippen LogP contribution in [0.25, 0.3) is 0 Å². The van der Waals surface area contributed by atoms with E-state index < -0.39 is 0 Å². The zero-order chi connectivity index (χ0) is 12.3. The molecule has 0 unspecified atom stereocenters. The lowest BCUT2D eigenvalue weighted by atomic mass is 9.66. The van der Waals surface area contributed by atoms with Crippen molar-refractivity contribution < 1.29 is 0 Å². The van der Waals surface area contributed by atoms with Crippen LogP contribution in [0.1, 0.15) is 85.0 Å². The lowest BCUT2D eigenvalue weighted by molar-refractivity contribution is 0.175. The van der Waals surface area contributed by atoms with Crippen molar-refractivity contribution in [3.05, 3.63) is 5.92 Å². The van der Waals surface area contributed by atoms with Crippen molar-refractivity contribution in [2.24, 2.45) is 17.3 Å². The molecule has 0 N–H and O–H groups in total. The van der Waals surface area contributed by atoms with Gasteiger partial charge in [0.1, 0.15) is 0 Å². The molecule has 0 bridgehead atoms. The van der Waals surface area contributed by atoms with E-state index in [-0.39, 0.29) is 0 Å². The Labute approximate surface area is 109 Å². The fraction of sp³-hybridized carbons (Fsp3) is 0.941. The van der Waals surface area contributed by atoms with Crippen LogP contribution in [0, 0.1) is 23.2 Å². The molecule has 1 radical (unpaired) electrons. The lowest BCUT2D eigenvalue weighted by Gasteiger charge is -2.39. The predicted molar refractivity (Wildman–Crippen MR) is 75.8 cm³/mol. The lowest BCUT2D eigenvalue weighted by Crippen LogP contribution is -2.27. The average Bonchev–Trinajstić information content (AvgIpc) is 2.56. The molecule has 0 aromatic heterocycles. The molecule has 99 valence electrons. The zero-order valence-electron chi connectivity index (χ0n) is 12.2. The van der Waals surface area contributed by atoms with E-state index in [4.69, 9.17) is 0 Å². The van der Waals surface area contributed by atoms with E-state index in [0.717, 1.165) is 11.8 Å². The summed E-state index contributed by atoms with van der Waals surface area (Å²) >= 11 is 0. The molecule has 0 heterocycles. The fourth-order valence-electron chi connectivity index (χ4n) is 3.95. The summed E-state index contributed by atoms with van der Waals surface area (Å²) in [5.41, 5.74) is 0.537. The van der Waals surface area contributed by atoms with Crippen LogP contribution in [-0.2, 0) is 0 Å².